The summed E-state index contributed by atoms with van der Waals surface area (Å²) < 4.78 is 0. The Bertz CT molecular complexity index is 247. The van der Waals surface area contributed by atoms with Crippen molar-refractivity contribution in [2.24, 2.45) is 5.92 Å². The highest BCUT2D eigenvalue weighted by atomic mass is 15.3. The molecular weight excluding hydrogens is 196 g/mol. The van der Waals surface area contributed by atoms with E-state index in [1.807, 2.05) is 0 Å². The van der Waals surface area contributed by atoms with E-state index in [4.69, 9.17) is 0 Å². The molecular formula is C14H26N2. The second kappa shape index (κ2) is 4.30. The monoisotopic (exact) mass is 222 g/mol. The summed E-state index contributed by atoms with van der Waals surface area (Å²) in [6.45, 7) is 8.90. The fraction of sp³-hybridized carbons (Fsp3) is 1.00. The second-order valence-corrected chi connectivity index (χ2v) is 6.38. The van der Waals surface area contributed by atoms with Gasteiger partial charge in [-0.2, -0.15) is 0 Å². The first-order valence-corrected chi connectivity index (χ1v) is 7.25. The van der Waals surface area contributed by atoms with Crippen LogP contribution >= 0.6 is 0 Å². The third-order valence-electron chi connectivity index (χ3n) is 5.08. The number of nitrogens with zero attached hydrogens (tertiary/aromatic N) is 2. The zero-order valence-electron chi connectivity index (χ0n) is 10.9. The van der Waals surface area contributed by atoms with Crippen molar-refractivity contribution >= 4 is 0 Å². The van der Waals surface area contributed by atoms with Crippen molar-refractivity contribution in [3.05, 3.63) is 0 Å². The lowest BCUT2D eigenvalue weighted by atomic mass is 9.86. The molecule has 2 atom stereocenters. The fourth-order valence-electron chi connectivity index (χ4n) is 3.80. The highest BCUT2D eigenvalue weighted by molar-refractivity contribution is 4.97. The van der Waals surface area contributed by atoms with Crippen LogP contribution in [-0.4, -0.2) is 47.6 Å². The van der Waals surface area contributed by atoms with Crippen molar-refractivity contribution in [2.75, 3.05) is 19.6 Å². The van der Waals surface area contributed by atoms with Crippen molar-refractivity contribution in [3.8, 4) is 0 Å². The van der Waals surface area contributed by atoms with E-state index < -0.39 is 0 Å². The third kappa shape index (κ3) is 1.80. The molecule has 3 rings (SSSR count). The van der Waals surface area contributed by atoms with E-state index in [1.165, 1.54) is 51.7 Å². The third-order valence-corrected chi connectivity index (χ3v) is 5.08. The van der Waals surface area contributed by atoms with Gasteiger partial charge in [0.2, 0.25) is 0 Å². The number of rotatable bonds is 2. The fourth-order valence-corrected chi connectivity index (χ4v) is 3.80. The van der Waals surface area contributed by atoms with Crippen LogP contribution in [0.4, 0.5) is 0 Å². The average Bonchev–Trinajstić information content (AvgIpc) is 2.60. The molecule has 2 heteroatoms. The normalized spacial score (nSPS) is 37.7. The number of fused-ring (bicyclic) bond motifs is 1. The Labute approximate surface area is 100.0 Å². The summed E-state index contributed by atoms with van der Waals surface area (Å²) in [7, 11) is 0. The summed E-state index contributed by atoms with van der Waals surface area (Å²) in [5.41, 5.74) is 0. The van der Waals surface area contributed by atoms with Gasteiger partial charge in [0.05, 0.1) is 0 Å². The van der Waals surface area contributed by atoms with Crippen LogP contribution in [0.25, 0.3) is 0 Å². The minimum Gasteiger partial charge on any atom is -0.298 e. The summed E-state index contributed by atoms with van der Waals surface area (Å²) in [5.74, 6) is 0.821. The van der Waals surface area contributed by atoms with Gasteiger partial charge in [0.15, 0.2) is 0 Å². The standard InChI is InChI=1S/C14H26N2/c1-11(2)14-10-15-8-4-7-13(15)9-16(14)12-5-3-6-12/h11-14H,3-10H2,1-2H3. The molecule has 1 saturated carbocycles. The van der Waals surface area contributed by atoms with Gasteiger partial charge in [-0.15, -0.1) is 0 Å². The summed E-state index contributed by atoms with van der Waals surface area (Å²) >= 11 is 0. The molecule has 1 aliphatic carbocycles. The molecule has 0 aromatic heterocycles. The lowest BCUT2D eigenvalue weighted by molar-refractivity contribution is -0.0222. The Morgan fingerprint density at radius 2 is 1.69 bits per heavy atom. The van der Waals surface area contributed by atoms with Crippen LogP contribution in [0, 0.1) is 5.92 Å². The highest BCUT2D eigenvalue weighted by Gasteiger charge is 2.41. The van der Waals surface area contributed by atoms with Crippen molar-refractivity contribution in [3.63, 3.8) is 0 Å². The van der Waals surface area contributed by atoms with Gasteiger partial charge < -0.3 is 0 Å². The zero-order valence-corrected chi connectivity index (χ0v) is 10.9. The van der Waals surface area contributed by atoms with Crippen molar-refractivity contribution in [1.29, 1.82) is 0 Å². The number of piperazine rings is 1. The topological polar surface area (TPSA) is 6.48 Å². The maximum atomic E-state index is 2.88. The maximum Gasteiger partial charge on any atom is 0.0249 e. The molecule has 0 aromatic rings. The van der Waals surface area contributed by atoms with Crippen molar-refractivity contribution < 1.29 is 0 Å². The molecule has 16 heavy (non-hydrogen) atoms. The molecule has 3 aliphatic rings. The van der Waals surface area contributed by atoms with E-state index in [0.29, 0.717) is 0 Å². The molecule has 92 valence electrons. The Morgan fingerprint density at radius 3 is 2.31 bits per heavy atom. The molecule has 2 unspecified atom stereocenters. The number of hydrogen-bond acceptors (Lipinski definition) is 2. The van der Waals surface area contributed by atoms with Crippen molar-refractivity contribution in [2.45, 2.75) is 64.1 Å². The molecule has 2 nitrogen and oxygen atoms in total. The Balaban J connectivity index is 1.72. The summed E-state index contributed by atoms with van der Waals surface area (Å²) in [5, 5.41) is 0. The Morgan fingerprint density at radius 1 is 0.938 bits per heavy atom. The van der Waals surface area contributed by atoms with Gasteiger partial charge in [0.25, 0.3) is 0 Å². The van der Waals surface area contributed by atoms with E-state index in [9.17, 15) is 0 Å². The molecule has 2 aliphatic heterocycles. The molecule has 0 spiro atoms. The van der Waals surface area contributed by atoms with Gasteiger partial charge in [0.1, 0.15) is 0 Å². The van der Waals surface area contributed by atoms with E-state index in [0.717, 1.165) is 24.0 Å². The van der Waals surface area contributed by atoms with Crippen molar-refractivity contribution in [1.82, 2.24) is 9.80 Å². The van der Waals surface area contributed by atoms with E-state index in [-0.39, 0.29) is 0 Å². The predicted octanol–water partition coefficient (Wildman–Crippen LogP) is 2.34. The van der Waals surface area contributed by atoms with E-state index >= 15 is 0 Å². The first-order chi connectivity index (χ1) is 7.75. The average molecular weight is 222 g/mol. The summed E-state index contributed by atoms with van der Waals surface area (Å²) in [6.07, 6.45) is 7.30. The first-order valence-electron chi connectivity index (χ1n) is 7.25. The van der Waals surface area contributed by atoms with Crippen LogP contribution in [0.5, 0.6) is 0 Å². The zero-order chi connectivity index (χ0) is 11.1. The molecule has 0 N–H and O–H groups in total. The van der Waals surface area contributed by atoms with Gasteiger partial charge in [-0.1, -0.05) is 20.3 Å². The van der Waals surface area contributed by atoms with Gasteiger partial charge in [-0.25, -0.2) is 0 Å². The van der Waals surface area contributed by atoms with Gasteiger partial charge in [-0.05, 0) is 38.1 Å². The minimum absolute atomic E-state index is 0.821. The lowest BCUT2D eigenvalue weighted by Crippen LogP contribution is -2.61. The lowest BCUT2D eigenvalue weighted by Gasteiger charge is -2.51. The molecule has 2 heterocycles. The van der Waals surface area contributed by atoms with Gasteiger partial charge in [-0.3, -0.25) is 9.80 Å². The molecule has 0 radical (unpaired) electrons. The summed E-state index contributed by atoms with van der Waals surface area (Å²) in [6, 6.07) is 2.67. The highest BCUT2D eigenvalue weighted by Crippen LogP contribution is 2.34. The SMILES string of the molecule is CC(C)C1CN2CCCC2CN1C1CCC1. The van der Waals surface area contributed by atoms with E-state index in [2.05, 4.69) is 23.6 Å². The molecule has 3 fully saturated rings. The number of hydrogen-bond donors (Lipinski definition) is 0. The van der Waals surface area contributed by atoms with E-state index in [1.54, 1.807) is 0 Å². The Kier molecular flexibility index (Phi) is 2.97. The Hall–Kier alpha value is -0.0800. The molecule has 2 saturated heterocycles. The second-order valence-electron chi connectivity index (χ2n) is 6.38. The van der Waals surface area contributed by atoms with Crippen LogP contribution in [0.1, 0.15) is 46.0 Å². The first kappa shape index (κ1) is 11.0. The van der Waals surface area contributed by atoms with Crippen LogP contribution in [0.3, 0.4) is 0 Å². The quantitative estimate of drug-likeness (QED) is 0.707. The maximum absolute atomic E-state index is 2.88. The van der Waals surface area contributed by atoms with Gasteiger partial charge >= 0.3 is 0 Å². The van der Waals surface area contributed by atoms with Gasteiger partial charge in [0, 0.05) is 31.2 Å². The van der Waals surface area contributed by atoms with Crippen LogP contribution in [0.2, 0.25) is 0 Å². The summed E-state index contributed by atoms with van der Waals surface area (Å²) in [4.78, 5) is 5.64. The minimum atomic E-state index is 0.821. The van der Waals surface area contributed by atoms with Crippen LogP contribution in [-0.2, 0) is 0 Å². The van der Waals surface area contributed by atoms with Crippen LogP contribution in [0.15, 0.2) is 0 Å². The smallest absolute Gasteiger partial charge is 0.0249 e. The molecule has 0 bridgehead atoms. The molecule has 0 amide bonds. The van der Waals surface area contributed by atoms with Crippen LogP contribution < -0.4 is 0 Å². The predicted molar refractivity (Wildman–Crippen MR) is 67.6 cm³/mol. The largest absolute Gasteiger partial charge is 0.298 e. The molecule has 0 aromatic carbocycles.